The van der Waals surface area contributed by atoms with Crippen molar-refractivity contribution in [3.8, 4) is 11.3 Å². The van der Waals surface area contributed by atoms with Crippen molar-refractivity contribution in [3.05, 3.63) is 40.7 Å². The van der Waals surface area contributed by atoms with Crippen LogP contribution in [0.15, 0.2) is 35.2 Å². The average molecular weight is 344 g/mol. The van der Waals surface area contributed by atoms with E-state index in [9.17, 15) is 9.59 Å². The molecule has 1 aromatic heterocycles. The zero-order valence-corrected chi connectivity index (χ0v) is 14.4. The van der Waals surface area contributed by atoms with Gasteiger partial charge < -0.3 is 9.64 Å². The molecule has 2 aromatic rings. The minimum atomic E-state index is -0.265. The summed E-state index contributed by atoms with van der Waals surface area (Å²) in [6, 6.07) is 7.43. The molecule has 0 N–H and O–H groups in total. The highest BCUT2D eigenvalue weighted by Crippen LogP contribution is 2.24. The van der Waals surface area contributed by atoms with Crippen LogP contribution in [-0.2, 0) is 9.53 Å². The van der Waals surface area contributed by atoms with E-state index in [1.165, 1.54) is 7.11 Å². The maximum Gasteiger partial charge on any atom is 0.307 e. The number of rotatable bonds is 4. The maximum absolute atomic E-state index is 12.8. The van der Waals surface area contributed by atoms with Crippen LogP contribution >= 0.6 is 11.3 Å². The molecule has 1 fully saturated rings. The number of likely N-dealkylation sites (tertiary alicyclic amines) is 1. The third-order valence-electron chi connectivity index (χ3n) is 4.38. The van der Waals surface area contributed by atoms with Crippen LogP contribution in [0.3, 0.4) is 0 Å². The van der Waals surface area contributed by atoms with E-state index >= 15 is 0 Å². The first-order chi connectivity index (χ1) is 11.7. The lowest BCUT2D eigenvalue weighted by Gasteiger charge is -2.35. The van der Waals surface area contributed by atoms with E-state index in [-0.39, 0.29) is 24.3 Å². The number of aromatic nitrogens is 1. The van der Waals surface area contributed by atoms with Gasteiger partial charge in [0, 0.05) is 29.1 Å². The number of piperidine rings is 1. The standard InChI is InChI=1S/C18H20N2O3S/c1-23-17(21)10-15-4-2-3-9-20(15)18(22)14-7-5-13(6-8-14)16-11-24-12-19-16/h5-8,11-12,15H,2-4,9-10H2,1H3. The molecule has 5 nitrogen and oxygen atoms in total. The Morgan fingerprint density at radius 1 is 1.29 bits per heavy atom. The van der Waals surface area contributed by atoms with Gasteiger partial charge in [0.25, 0.3) is 5.91 Å². The zero-order valence-electron chi connectivity index (χ0n) is 13.6. The summed E-state index contributed by atoms with van der Waals surface area (Å²) in [5, 5.41) is 1.98. The summed E-state index contributed by atoms with van der Waals surface area (Å²) in [5.74, 6) is -0.285. The van der Waals surface area contributed by atoms with Crippen molar-refractivity contribution >= 4 is 23.2 Å². The first kappa shape index (κ1) is 16.6. The summed E-state index contributed by atoms with van der Waals surface area (Å²) >= 11 is 1.55. The lowest BCUT2D eigenvalue weighted by Crippen LogP contribution is -2.44. The first-order valence-electron chi connectivity index (χ1n) is 8.05. The van der Waals surface area contributed by atoms with Crippen LogP contribution in [0.25, 0.3) is 11.3 Å². The number of esters is 1. The molecule has 0 radical (unpaired) electrons. The second-order valence-electron chi connectivity index (χ2n) is 5.88. The molecule has 1 aliphatic rings. The van der Waals surface area contributed by atoms with E-state index in [0.717, 1.165) is 30.5 Å². The van der Waals surface area contributed by atoms with Gasteiger partial charge in [0.1, 0.15) is 0 Å². The fraction of sp³-hybridized carbons (Fsp3) is 0.389. The van der Waals surface area contributed by atoms with Crippen LogP contribution in [0, 0.1) is 0 Å². The Balaban J connectivity index is 1.75. The van der Waals surface area contributed by atoms with Gasteiger partial charge in [0.05, 0.1) is 24.7 Å². The van der Waals surface area contributed by atoms with E-state index in [4.69, 9.17) is 4.74 Å². The SMILES string of the molecule is COC(=O)CC1CCCCN1C(=O)c1ccc(-c2cscn2)cc1. The number of amides is 1. The second kappa shape index (κ2) is 7.57. The number of carbonyl (C=O) groups is 2. The first-order valence-corrected chi connectivity index (χ1v) is 8.99. The number of nitrogens with zero attached hydrogens (tertiary/aromatic N) is 2. The van der Waals surface area contributed by atoms with Crippen LogP contribution in [0.1, 0.15) is 36.0 Å². The van der Waals surface area contributed by atoms with Crippen LogP contribution < -0.4 is 0 Å². The van der Waals surface area contributed by atoms with Gasteiger partial charge in [0.2, 0.25) is 0 Å². The van der Waals surface area contributed by atoms with Crippen molar-refractivity contribution in [1.29, 1.82) is 0 Å². The Morgan fingerprint density at radius 3 is 2.75 bits per heavy atom. The van der Waals surface area contributed by atoms with Crippen molar-refractivity contribution in [2.45, 2.75) is 31.7 Å². The highest BCUT2D eigenvalue weighted by atomic mass is 32.1. The highest BCUT2D eigenvalue weighted by molar-refractivity contribution is 7.07. The van der Waals surface area contributed by atoms with E-state index in [2.05, 4.69) is 4.98 Å². The van der Waals surface area contributed by atoms with Gasteiger partial charge in [-0.3, -0.25) is 9.59 Å². The molecular weight excluding hydrogens is 324 g/mol. The number of carbonyl (C=O) groups excluding carboxylic acids is 2. The van der Waals surface area contributed by atoms with Gasteiger partial charge in [-0.1, -0.05) is 12.1 Å². The summed E-state index contributed by atoms with van der Waals surface area (Å²) in [7, 11) is 1.38. The van der Waals surface area contributed by atoms with Crippen LogP contribution in [0.4, 0.5) is 0 Å². The van der Waals surface area contributed by atoms with E-state index < -0.39 is 0 Å². The Hall–Kier alpha value is -2.21. The third kappa shape index (κ3) is 3.64. The number of methoxy groups -OCH3 is 1. The molecule has 2 heterocycles. The molecular formula is C18H20N2O3S. The summed E-state index contributed by atoms with van der Waals surface area (Å²) < 4.78 is 4.76. The van der Waals surface area contributed by atoms with Crippen molar-refractivity contribution in [2.24, 2.45) is 0 Å². The van der Waals surface area contributed by atoms with Crippen molar-refractivity contribution in [2.75, 3.05) is 13.7 Å². The van der Waals surface area contributed by atoms with Crippen LogP contribution in [0.2, 0.25) is 0 Å². The molecule has 0 spiro atoms. The molecule has 24 heavy (non-hydrogen) atoms. The fourth-order valence-corrected chi connectivity index (χ4v) is 3.62. The van der Waals surface area contributed by atoms with Gasteiger partial charge in [0.15, 0.2) is 0 Å². The van der Waals surface area contributed by atoms with Crippen molar-refractivity contribution in [3.63, 3.8) is 0 Å². The lowest BCUT2D eigenvalue weighted by atomic mass is 9.98. The minimum Gasteiger partial charge on any atom is -0.469 e. The minimum absolute atomic E-state index is 0.0200. The Morgan fingerprint density at radius 2 is 2.08 bits per heavy atom. The van der Waals surface area contributed by atoms with E-state index in [0.29, 0.717) is 12.1 Å². The number of thiazole rings is 1. The molecule has 6 heteroatoms. The molecule has 1 aromatic carbocycles. The molecule has 1 unspecified atom stereocenters. The molecule has 1 amide bonds. The van der Waals surface area contributed by atoms with Crippen LogP contribution in [-0.4, -0.2) is 41.5 Å². The largest absolute Gasteiger partial charge is 0.469 e. The topological polar surface area (TPSA) is 59.5 Å². The highest BCUT2D eigenvalue weighted by Gasteiger charge is 2.29. The number of ether oxygens (including phenoxy) is 1. The maximum atomic E-state index is 12.8. The molecule has 1 aliphatic heterocycles. The summed E-state index contributed by atoms with van der Waals surface area (Å²) in [4.78, 5) is 30.5. The lowest BCUT2D eigenvalue weighted by molar-refractivity contribution is -0.142. The molecule has 0 bridgehead atoms. The Kier molecular flexibility index (Phi) is 5.25. The molecule has 126 valence electrons. The van der Waals surface area contributed by atoms with Crippen molar-refractivity contribution < 1.29 is 14.3 Å². The third-order valence-corrected chi connectivity index (χ3v) is 4.96. The summed E-state index contributed by atoms with van der Waals surface area (Å²) in [6.07, 6.45) is 3.12. The van der Waals surface area contributed by atoms with Gasteiger partial charge in [-0.25, -0.2) is 4.98 Å². The Labute approximate surface area is 145 Å². The quantitative estimate of drug-likeness (QED) is 0.798. The average Bonchev–Trinajstić information content (AvgIpc) is 3.16. The van der Waals surface area contributed by atoms with Gasteiger partial charge in [-0.2, -0.15) is 0 Å². The van der Waals surface area contributed by atoms with Gasteiger partial charge in [-0.05, 0) is 31.4 Å². The predicted molar refractivity (Wildman–Crippen MR) is 92.9 cm³/mol. The second-order valence-corrected chi connectivity index (χ2v) is 6.60. The number of benzene rings is 1. The molecule has 1 atom stereocenters. The smallest absolute Gasteiger partial charge is 0.307 e. The number of hydrogen-bond acceptors (Lipinski definition) is 5. The van der Waals surface area contributed by atoms with Gasteiger partial charge in [-0.15, -0.1) is 11.3 Å². The van der Waals surface area contributed by atoms with Gasteiger partial charge >= 0.3 is 5.97 Å². The van der Waals surface area contributed by atoms with Crippen LogP contribution in [0.5, 0.6) is 0 Å². The summed E-state index contributed by atoms with van der Waals surface area (Å²) in [5.41, 5.74) is 4.35. The van der Waals surface area contributed by atoms with E-state index in [1.807, 2.05) is 34.5 Å². The normalized spacial score (nSPS) is 17.5. The number of hydrogen-bond donors (Lipinski definition) is 0. The Bertz CT molecular complexity index is 698. The molecule has 1 saturated heterocycles. The molecule has 3 rings (SSSR count). The van der Waals surface area contributed by atoms with E-state index in [1.54, 1.807) is 16.8 Å². The monoisotopic (exact) mass is 344 g/mol. The summed E-state index contributed by atoms with van der Waals surface area (Å²) in [6.45, 7) is 0.689. The molecule has 0 saturated carbocycles. The zero-order chi connectivity index (χ0) is 16.9. The van der Waals surface area contributed by atoms with Crippen molar-refractivity contribution in [1.82, 2.24) is 9.88 Å². The molecule has 0 aliphatic carbocycles. The predicted octanol–water partition coefficient (Wildman–Crippen LogP) is 3.37. The fourth-order valence-electron chi connectivity index (χ4n) is 3.06.